The van der Waals surface area contributed by atoms with Crippen molar-refractivity contribution in [1.82, 2.24) is 19.5 Å². The van der Waals surface area contributed by atoms with Crippen molar-refractivity contribution < 1.29 is 4.74 Å². The molecule has 1 fully saturated rings. The minimum Gasteiger partial charge on any atom is -0.497 e. The van der Waals surface area contributed by atoms with E-state index in [2.05, 4.69) is 32.7 Å². The fourth-order valence-electron chi connectivity index (χ4n) is 4.63. The molecule has 0 saturated heterocycles. The van der Waals surface area contributed by atoms with Gasteiger partial charge in [0, 0.05) is 12.3 Å². The van der Waals surface area contributed by atoms with E-state index in [0.29, 0.717) is 6.04 Å². The molecule has 7 heteroatoms. The number of imidazole rings is 1. The van der Waals surface area contributed by atoms with E-state index in [0.717, 1.165) is 48.3 Å². The smallest absolute Gasteiger partial charge is 0.224 e. The summed E-state index contributed by atoms with van der Waals surface area (Å²) >= 11 is 6.40. The average Bonchev–Trinajstić information content (AvgIpc) is 3.52. The molecule has 0 spiro atoms. The lowest BCUT2D eigenvalue weighted by molar-refractivity contribution is 0.414. The molecular weight excluding hydrogens is 398 g/mol. The Balaban J connectivity index is 1.54. The van der Waals surface area contributed by atoms with Crippen molar-refractivity contribution in [1.29, 1.82) is 0 Å². The first-order valence-electron chi connectivity index (χ1n) is 10.4. The third kappa shape index (κ3) is 3.39. The Labute approximate surface area is 180 Å². The van der Waals surface area contributed by atoms with Gasteiger partial charge in [-0.15, -0.1) is 0 Å². The molecule has 3 aromatic rings. The number of ether oxygens (including phenoxy) is 1. The number of hydrogen-bond acceptors (Lipinski definition) is 5. The second-order valence-electron chi connectivity index (χ2n) is 8.02. The molecule has 0 N–H and O–H groups in total. The Morgan fingerprint density at radius 2 is 2.10 bits per heavy atom. The van der Waals surface area contributed by atoms with E-state index >= 15 is 0 Å². The number of aliphatic imine (C=N–C) groups is 1. The van der Waals surface area contributed by atoms with Crippen LogP contribution in [-0.2, 0) is 12.0 Å². The van der Waals surface area contributed by atoms with Crippen LogP contribution in [0.25, 0.3) is 11.2 Å². The number of fused-ring (bicyclic) bond motifs is 1. The van der Waals surface area contributed by atoms with E-state index in [1.165, 1.54) is 18.4 Å². The number of allylic oxidation sites excluding steroid dienone is 1. The van der Waals surface area contributed by atoms with Crippen molar-refractivity contribution in [3.8, 4) is 5.75 Å². The molecule has 0 bridgehead atoms. The molecule has 2 aliphatic rings. The maximum absolute atomic E-state index is 6.40. The van der Waals surface area contributed by atoms with Crippen molar-refractivity contribution in [3.63, 3.8) is 0 Å². The fraction of sp³-hybridized carbons (Fsp3) is 0.391. The maximum atomic E-state index is 6.40. The summed E-state index contributed by atoms with van der Waals surface area (Å²) in [5, 5.41) is 0.244. The van der Waals surface area contributed by atoms with Gasteiger partial charge < -0.3 is 9.30 Å². The number of nitrogens with zero attached hydrogens (tertiary/aromatic N) is 5. The number of methoxy groups -OCH3 is 1. The molecule has 5 rings (SSSR count). The van der Waals surface area contributed by atoms with Crippen LogP contribution in [0, 0.1) is 0 Å². The quantitative estimate of drug-likeness (QED) is 0.521. The monoisotopic (exact) mass is 421 g/mol. The summed E-state index contributed by atoms with van der Waals surface area (Å²) in [4.78, 5) is 18.7. The molecule has 1 unspecified atom stereocenters. The van der Waals surface area contributed by atoms with Crippen LogP contribution in [0.15, 0.2) is 47.7 Å². The first-order valence-corrected chi connectivity index (χ1v) is 10.8. The molecule has 6 nitrogen and oxygen atoms in total. The highest BCUT2D eigenvalue weighted by Crippen LogP contribution is 2.39. The first-order chi connectivity index (χ1) is 14.7. The van der Waals surface area contributed by atoms with Crippen molar-refractivity contribution in [2.75, 3.05) is 7.11 Å². The highest BCUT2D eigenvalue weighted by molar-refractivity contribution is 6.28. The lowest BCUT2D eigenvalue weighted by atomic mass is 9.88. The average molecular weight is 422 g/mol. The van der Waals surface area contributed by atoms with Gasteiger partial charge in [-0.05, 0) is 67.1 Å². The van der Waals surface area contributed by atoms with Crippen molar-refractivity contribution in [2.45, 2.75) is 50.1 Å². The van der Waals surface area contributed by atoms with Gasteiger partial charge in [-0.25, -0.2) is 9.97 Å². The van der Waals surface area contributed by atoms with E-state index in [-0.39, 0.29) is 5.28 Å². The SMILES string of the molecule is COc1cccc(CCC2(c3nc(Cl)nc4c3ncn4C3CCCC3)C=CC=N2)c1. The molecule has 1 aromatic carbocycles. The fourth-order valence-corrected chi connectivity index (χ4v) is 4.80. The topological polar surface area (TPSA) is 65.2 Å². The Hall–Kier alpha value is -2.73. The molecule has 1 saturated carbocycles. The number of benzene rings is 1. The molecule has 1 atom stereocenters. The molecular formula is C23H24ClN5O. The maximum Gasteiger partial charge on any atom is 0.224 e. The third-order valence-corrected chi connectivity index (χ3v) is 6.38. The van der Waals surface area contributed by atoms with Crippen LogP contribution in [0.4, 0.5) is 0 Å². The van der Waals surface area contributed by atoms with Gasteiger partial charge in [0.05, 0.1) is 13.4 Å². The van der Waals surface area contributed by atoms with E-state index < -0.39 is 5.54 Å². The molecule has 0 amide bonds. The molecule has 1 aliphatic carbocycles. The zero-order valence-corrected chi connectivity index (χ0v) is 17.7. The van der Waals surface area contributed by atoms with E-state index in [9.17, 15) is 0 Å². The summed E-state index contributed by atoms with van der Waals surface area (Å²) in [5.41, 5.74) is 2.98. The van der Waals surface area contributed by atoms with Crippen LogP contribution >= 0.6 is 11.6 Å². The number of aromatic nitrogens is 4. The van der Waals surface area contributed by atoms with Crippen molar-refractivity contribution in [3.05, 3.63) is 59.3 Å². The van der Waals surface area contributed by atoms with Gasteiger partial charge in [0.2, 0.25) is 5.28 Å². The summed E-state index contributed by atoms with van der Waals surface area (Å²) in [6, 6.07) is 8.57. The predicted octanol–water partition coefficient (Wildman–Crippen LogP) is 5.07. The second-order valence-corrected chi connectivity index (χ2v) is 8.35. The van der Waals surface area contributed by atoms with Crippen LogP contribution in [0.5, 0.6) is 5.75 Å². The zero-order valence-electron chi connectivity index (χ0n) is 17.0. The van der Waals surface area contributed by atoms with Gasteiger partial charge in [-0.1, -0.05) is 25.0 Å². The van der Waals surface area contributed by atoms with E-state index in [4.69, 9.17) is 26.3 Å². The lowest BCUT2D eigenvalue weighted by Crippen LogP contribution is -2.23. The number of hydrogen-bond donors (Lipinski definition) is 0. The molecule has 1 aliphatic heterocycles. The molecule has 3 heterocycles. The van der Waals surface area contributed by atoms with Gasteiger partial charge in [-0.3, -0.25) is 4.99 Å². The van der Waals surface area contributed by atoms with Crippen molar-refractivity contribution in [2.24, 2.45) is 4.99 Å². The lowest BCUT2D eigenvalue weighted by Gasteiger charge is -2.24. The molecule has 30 heavy (non-hydrogen) atoms. The van der Waals surface area contributed by atoms with Crippen LogP contribution in [0.1, 0.15) is 49.4 Å². The number of rotatable bonds is 6. The summed E-state index contributed by atoms with van der Waals surface area (Å²) in [7, 11) is 1.69. The normalized spacial score (nSPS) is 21.1. The molecule has 154 valence electrons. The zero-order chi connectivity index (χ0) is 20.6. The van der Waals surface area contributed by atoms with Crippen LogP contribution in [0.3, 0.4) is 0 Å². The van der Waals surface area contributed by atoms with Crippen LogP contribution in [0.2, 0.25) is 5.28 Å². The Kier molecular flexibility index (Phi) is 5.03. The highest BCUT2D eigenvalue weighted by atomic mass is 35.5. The Morgan fingerprint density at radius 3 is 2.87 bits per heavy atom. The number of aryl methyl sites for hydroxylation is 1. The van der Waals surface area contributed by atoms with Crippen molar-refractivity contribution >= 4 is 29.0 Å². The van der Waals surface area contributed by atoms with Gasteiger partial charge in [0.15, 0.2) is 5.65 Å². The Bertz CT molecular complexity index is 1120. The van der Waals surface area contributed by atoms with E-state index in [1.54, 1.807) is 7.11 Å². The molecule has 2 aromatic heterocycles. The van der Waals surface area contributed by atoms with Gasteiger partial charge in [-0.2, -0.15) is 4.98 Å². The third-order valence-electron chi connectivity index (χ3n) is 6.21. The standard InChI is InChI=1S/C23H24ClN5O/c1-30-18-9-4-6-16(14-18)10-12-23(11-5-13-26-23)20-19-21(28-22(24)27-20)29(15-25-19)17-7-2-3-8-17/h4-6,9,11,13-15,17H,2-3,7-8,10,12H2,1H3. The van der Waals surface area contributed by atoms with Crippen LogP contribution in [-0.4, -0.2) is 32.8 Å². The van der Waals surface area contributed by atoms with Crippen LogP contribution < -0.4 is 4.74 Å². The van der Waals surface area contributed by atoms with Gasteiger partial charge in [0.25, 0.3) is 0 Å². The summed E-state index contributed by atoms with van der Waals surface area (Å²) < 4.78 is 7.54. The Morgan fingerprint density at radius 1 is 1.23 bits per heavy atom. The minimum atomic E-state index is -0.594. The summed E-state index contributed by atoms with van der Waals surface area (Å²) in [6.45, 7) is 0. The largest absolute Gasteiger partial charge is 0.497 e. The minimum absolute atomic E-state index is 0.244. The summed E-state index contributed by atoms with van der Waals surface area (Å²) in [5.74, 6) is 0.856. The second kappa shape index (κ2) is 7.84. The predicted molar refractivity (Wildman–Crippen MR) is 118 cm³/mol. The highest BCUT2D eigenvalue weighted by Gasteiger charge is 2.36. The van der Waals surface area contributed by atoms with Gasteiger partial charge in [0.1, 0.15) is 22.5 Å². The first kappa shape index (κ1) is 19.2. The van der Waals surface area contributed by atoms with Gasteiger partial charge >= 0.3 is 0 Å². The molecule has 0 radical (unpaired) electrons. The summed E-state index contributed by atoms with van der Waals surface area (Å²) in [6.07, 6.45) is 14.2. The van der Waals surface area contributed by atoms with E-state index in [1.807, 2.05) is 30.8 Å². The number of halogens is 1.